The van der Waals surface area contributed by atoms with Crippen LogP contribution in [0, 0.1) is 25.9 Å². The Bertz CT molecular complexity index is 689. The fourth-order valence-corrected chi connectivity index (χ4v) is 3.02. The number of esters is 2. The second kappa shape index (κ2) is 16.6. The van der Waals surface area contributed by atoms with Gasteiger partial charge >= 0.3 is 45.8 Å². The molecule has 1 aliphatic heterocycles. The predicted octanol–water partition coefficient (Wildman–Crippen LogP) is 1.34. The van der Waals surface area contributed by atoms with Crippen molar-refractivity contribution in [2.24, 2.45) is 5.92 Å². The molecule has 10 heteroatoms. The predicted molar refractivity (Wildman–Crippen MR) is 91.2 cm³/mol. The van der Waals surface area contributed by atoms with Crippen molar-refractivity contribution >= 4 is 11.9 Å². The Morgan fingerprint density at radius 3 is 2.00 bits per heavy atom. The summed E-state index contributed by atoms with van der Waals surface area (Å²) in [6.07, 6.45) is 0.301. The maximum Gasteiger partial charge on any atom is 0 e. The van der Waals surface area contributed by atoms with E-state index in [9.17, 15) is 9.59 Å². The first-order valence-corrected chi connectivity index (χ1v) is 7.65. The smallest absolute Gasteiger partial charge is 0 e. The Morgan fingerprint density at radius 1 is 1.03 bits per heavy atom. The number of methoxy groups -OCH3 is 3. The van der Waals surface area contributed by atoms with E-state index in [4.69, 9.17) is 28.2 Å². The molecule has 29 heavy (non-hydrogen) atoms. The zero-order valence-corrected chi connectivity index (χ0v) is 17.6. The van der Waals surface area contributed by atoms with Gasteiger partial charge in [-0.2, -0.15) is 0 Å². The third-order valence-electron chi connectivity index (χ3n) is 4.12. The van der Waals surface area contributed by atoms with E-state index in [0.717, 1.165) is 5.56 Å². The molecule has 1 heterocycles. The molecule has 0 saturated carbocycles. The van der Waals surface area contributed by atoms with E-state index < -0.39 is 17.4 Å². The van der Waals surface area contributed by atoms with E-state index in [-0.39, 0.29) is 29.4 Å². The van der Waals surface area contributed by atoms with Gasteiger partial charge in [-0.1, -0.05) is 18.2 Å². The topological polar surface area (TPSA) is 134 Å². The molecule has 1 aromatic rings. The first-order chi connectivity index (χ1) is 13.5. The van der Waals surface area contributed by atoms with Crippen LogP contribution in [0.2, 0.25) is 0 Å². The van der Waals surface area contributed by atoms with E-state index >= 15 is 0 Å². The maximum absolute atomic E-state index is 12.1. The van der Waals surface area contributed by atoms with Crippen molar-refractivity contribution in [3.63, 3.8) is 0 Å². The van der Waals surface area contributed by atoms with Crippen LogP contribution in [0.3, 0.4) is 0 Å². The molecule has 1 aliphatic rings. The molecular formula is C19H21CrNO8. The van der Waals surface area contributed by atoms with Crippen LogP contribution in [-0.4, -0.2) is 38.8 Å². The van der Waals surface area contributed by atoms with Gasteiger partial charge in [-0.25, -0.2) is 0 Å². The second-order valence-electron chi connectivity index (χ2n) is 5.52. The van der Waals surface area contributed by atoms with E-state index in [0.29, 0.717) is 12.2 Å². The van der Waals surface area contributed by atoms with Crippen LogP contribution in [0.25, 0.3) is 0 Å². The normalized spacial score (nSPS) is 20.9. The minimum Gasteiger partial charge on any atom is 0 e. The van der Waals surface area contributed by atoms with E-state index in [2.05, 4.69) is 25.3 Å². The van der Waals surface area contributed by atoms with Gasteiger partial charge in [0.25, 0.3) is 0 Å². The van der Waals surface area contributed by atoms with Gasteiger partial charge in [-0.3, -0.25) is 14.9 Å². The zero-order valence-electron chi connectivity index (χ0n) is 16.3. The van der Waals surface area contributed by atoms with Crippen molar-refractivity contribution in [1.82, 2.24) is 5.32 Å². The van der Waals surface area contributed by atoms with Crippen molar-refractivity contribution < 1.29 is 55.1 Å². The average molecular weight is 443 g/mol. The van der Waals surface area contributed by atoms with Gasteiger partial charge in [0.05, 0.1) is 33.3 Å². The summed E-state index contributed by atoms with van der Waals surface area (Å²) in [7, 11) is 4.24. The fourth-order valence-electron chi connectivity index (χ4n) is 3.02. The second-order valence-corrected chi connectivity index (χ2v) is 5.52. The first kappa shape index (κ1) is 31.4. The molecule has 1 unspecified atom stereocenters. The quantitative estimate of drug-likeness (QED) is 0.424. The minimum absolute atomic E-state index is 0. The average Bonchev–Trinajstić information content (AvgIpc) is 3.15. The monoisotopic (exact) mass is 443 g/mol. The number of carbonyl (C=O) groups is 2. The Hall–Kier alpha value is -2.33. The summed E-state index contributed by atoms with van der Waals surface area (Å²) in [5.41, 5.74) is -0.132. The van der Waals surface area contributed by atoms with Gasteiger partial charge in [0.1, 0.15) is 11.3 Å². The number of para-hydroxylation sites is 1. The van der Waals surface area contributed by atoms with Gasteiger partial charge in [-0.15, -0.1) is 0 Å². The Kier molecular flexibility index (Phi) is 18.0. The molecule has 0 aliphatic carbocycles. The number of benzene rings is 1. The van der Waals surface area contributed by atoms with Crippen molar-refractivity contribution in [3.8, 4) is 5.75 Å². The van der Waals surface area contributed by atoms with Crippen LogP contribution in [-0.2, 0) is 50.4 Å². The van der Waals surface area contributed by atoms with Crippen LogP contribution >= 0.6 is 0 Å². The molecule has 2 rings (SSSR count). The van der Waals surface area contributed by atoms with E-state index in [1.54, 1.807) is 14.0 Å². The van der Waals surface area contributed by atoms with Crippen molar-refractivity contribution in [2.75, 3.05) is 21.3 Å². The third-order valence-corrected chi connectivity index (χ3v) is 4.12. The van der Waals surface area contributed by atoms with Crippen LogP contribution in [0.15, 0.2) is 24.3 Å². The van der Waals surface area contributed by atoms with E-state index in [1.807, 2.05) is 24.3 Å². The Morgan fingerprint density at radius 2 is 1.55 bits per heavy atom. The van der Waals surface area contributed by atoms with Crippen LogP contribution in [0.4, 0.5) is 0 Å². The number of carbonyl (C=O) groups excluding carboxylic acids is 2. The molecule has 156 valence electrons. The number of ether oxygens (including phenoxy) is 3. The van der Waals surface area contributed by atoms with Crippen LogP contribution in [0.5, 0.6) is 5.75 Å². The van der Waals surface area contributed by atoms with Crippen LogP contribution in [0.1, 0.15) is 24.9 Å². The first-order valence-electron chi connectivity index (χ1n) is 7.65. The summed E-state index contributed by atoms with van der Waals surface area (Å²) in [4.78, 5) is 24.2. The summed E-state index contributed by atoms with van der Waals surface area (Å²) < 4.78 is 37.6. The molecule has 0 bridgehead atoms. The molecule has 3 atom stereocenters. The molecule has 0 aromatic heterocycles. The van der Waals surface area contributed by atoms with Gasteiger partial charge in [0, 0.05) is 22.9 Å². The molecule has 9 nitrogen and oxygen atoms in total. The van der Waals surface area contributed by atoms with Crippen molar-refractivity contribution in [2.45, 2.75) is 24.9 Å². The Labute approximate surface area is 180 Å². The van der Waals surface area contributed by atoms with Gasteiger partial charge in [0.15, 0.2) is 0 Å². The molecular weight excluding hydrogens is 422 g/mol. The SMILES string of the molecule is COC(=O)[C@H]1C[C@@](C)(C(=O)OC)NC1c1ccccc1OC.[C-]#[O+].[C-]#[O+].[C-]#[O+].[Cr]. The largest absolute Gasteiger partial charge is 0 e. The van der Waals surface area contributed by atoms with Crippen molar-refractivity contribution in [1.29, 1.82) is 0 Å². The van der Waals surface area contributed by atoms with Gasteiger partial charge < -0.3 is 14.2 Å². The minimum atomic E-state index is -0.945. The summed E-state index contributed by atoms with van der Waals surface area (Å²) in [5.74, 6) is -0.608. The molecule has 1 aromatic carbocycles. The summed E-state index contributed by atoms with van der Waals surface area (Å²) in [5, 5.41) is 3.22. The summed E-state index contributed by atoms with van der Waals surface area (Å²) in [6.45, 7) is 15.2. The molecule has 0 amide bonds. The van der Waals surface area contributed by atoms with E-state index in [1.165, 1.54) is 14.2 Å². The molecule has 0 spiro atoms. The third kappa shape index (κ3) is 7.90. The number of rotatable bonds is 4. The molecule has 1 N–H and O–H groups in total. The van der Waals surface area contributed by atoms with Gasteiger partial charge in [0.2, 0.25) is 0 Å². The van der Waals surface area contributed by atoms with Gasteiger partial charge in [-0.05, 0) is 19.4 Å². The Balaban J connectivity index is -0.000000883. The maximum atomic E-state index is 12.1. The summed E-state index contributed by atoms with van der Waals surface area (Å²) in [6, 6.07) is 7.02. The standard InChI is InChI=1S/C16H21NO5.3CO.Cr/c1-16(15(19)22-4)9-11(14(18)21-3)13(17-16)10-7-5-6-8-12(10)20-2;3*1-2;/h5-8,11,13,17H,9H2,1-4H3;;;;/t11-,13?,16-;;;;/m0..../s1. The zero-order chi connectivity index (χ0) is 22.3. The number of hydrogen-bond donors (Lipinski definition) is 1. The number of hydrogen-bond acceptors (Lipinski definition) is 6. The summed E-state index contributed by atoms with van der Waals surface area (Å²) >= 11 is 0. The molecule has 1 fully saturated rings. The molecule has 0 radical (unpaired) electrons. The van der Waals surface area contributed by atoms with Crippen LogP contribution < -0.4 is 10.1 Å². The van der Waals surface area contributed by atoms with Crippen molar-refractivity contribution in [3.05, 3.63) is 49.8 Å². The number of nitrogens with one attached hydrogen (secondary N) is 1. The molecule has 1 saturated heterocycles. The fraction of sp³-hybridized carbons (Fsp3) is 0.421.